The van der Waals surface area contributed by atoms with Crippen molar-refractivity contribution < 1.29 is 23.5 Å². The summed E-state index contributed by atoms with van der Waals surface area (Å²) in [6, 6.07) is 3.64. The molecule has 1 aromatic carbocycles. The molecule has 1 aromatic rings. The molecular weight excluding hydrogens is 282 g/mol. The molecule has 0 unspecified atom stereocenters. The Balaban J connectivity index is 2.72. The predicted octanol–water partition coefficient (Wildman–Crippen LogP) is 1.63. The lowest BCUT2D eigenvalue weighted by Gasteiger charge is -2.19. The van der Waals surface area contributed by atoms with Crippen LogP contribution in [0.2, 0.25) is 0 Å². The van der Waals surface area contributed by atoms with E-state index in [-0.39, 0.29) is 18.4 Å². The van der Waals surface area contributed by atoms with Crippen molar-refractivity contribution in [3.63, 3.8) is 0 Å². The van der Waals surface area contributed by atoms with Gasteiger partial charge in [0, 0.05) is 12.3 Å². The Morgan fingerprint density at radius 3 is 2.57 bits per heavy atom. The van der Waals surface area contributed by atoms with Gasteiger partial charge in [0.25, 0.3) is 0 Å². The third kappa shape index (κ3) is 4.84. The number of carbonyl (C=O) groups is 2. The van der Waals surface area contributed by atoms with E-state index >= 15 is 0 Å². The summed E-state index contributed by atoms with van der Waals surface area (Å²) >= 11 is 0. The highest BCUT2D eigenvalue weighted by molar-refractivity contribution is 5.85. The number of carboxylic acids is 1. The molecule has 0 radical (unpaired) electrons. The molecule has 112 valence electrons. The van der Waals surface area contributed by atoms with Crippen molar-refractivity contribution in [3.05, 3.63) is 35.4 Å². The van der Waals surface area contributed by atoms with Gasteiger partial charge in [-0.1, -0.05) is 13.0 Å². The molecule has 0 saturated carbocycles. The Kier molecular flexibility index (Phi) is 5.79. The predicted molar refractivity (Wildman–Crippen MR) is 69.0 cm³/mol. The Bertz CT molecular complexity index is 584. The molecule has 0 spiro atoms. The fourth-order valence-electron chi connectivity index (χ4n) is 1.77. The Hall–Kier alpha value is -2.49. The molecular formula is C14H14F2N2O3. The van der Waals surface area contributed by atoms with E-state index in [1.54, 1.807) is 0 Å². The van der Waals surface area contributed by atoms with Crippen LogP contribution in [0.25, 0.3) is 0 Å². The first-order valence-electron chi connectivity index (χ1n) is 6.18. The number of carbonyl (C=O) groups excluding carboxylic acids is 1. The molecule has 0 aliphatic carbocycles. The first kappa shape index (κ1) is 16.6. The Morgan fingerprint density at radius 2 is 2.05 bits per heavy atom. The first-order valence-corrected chi connectivity index (χ1v) is 6.18. The van der Waals surface area contributed by atoms with Crippen LogP contribution in [-0.2, 0) is 16.0 Å². The van der Waals surface area contributed by atoms with E-state index in [9.17, 15) is 18.4 Å². The first-order chi connectivity index (χ1) is 9.85. The normalized spacial score (nSPS) is 13.0. The van der Waals surface area contributed by atoms with E-state index in [0.29, 0.717) is 0 Å². The number of rotatable bonds is 6. The highest BCUT2D eigenvalue weighted by Crippen LogP contribution is 2.11. The third-order valence-corrected chi connectivity index (χ3v) is 2.91. The molecule has 21 heavy (non-hydrogen) atoms. The highest BCUT2D eigenvalue weighted by atomic mass is 19.2. The number of carboxylic acid groups (broad SMARTS) is 1. The van der Waals surface area contributed by atoms with Crippen molar-refractivity contribution >= 4 is 11.9 Å². The average molecular weight is 296 g/mol. The van der Waals surface area contributed by atoms with Crippen LogP contribution >= 0.6 is 0 Å². The van der Waals surface area contributed by atoms with Gasteiger partial charge in [-0.05, 0) is 17.7 Å². The topological polar surface area (TPSA) is 90.2 Å². The fourth-order valence-corrected chi connectivity index (χ4v) is 1.77. The van der Waals surface area contributed by atoms with Crippen LogP contribution in [0.3, 0.4) is 0 Å². The number of nitrogens with one attached hydrogen (secondary N) is 1. The Labute approximate surface area is 120 Å². The fraction of sp³-hybridized carbons (Fsp3) is 0.357. The number of halogens is 2. The summed E-state index contributed by atoms with van der Waals surface area (Å²) in [6.07, 6.45) is -0.303. The van der Waals surface area contributed by atoms with Gasteiger partial charge < -0.3 is 10.4 Å². The largest absolute Gasteiger partial charge is 0.480 e. The zero-order chi connectivity index (χ0) is 16.0. The molecule has 0 aromatic heterocycles. The van der Waals surface area contributed by atoms with Gasteiger partial charge >= 0.3 is 5.97 Å². The van der Waals surface area contributed by atoms with E-state index < -0.39 is 35.5 Å². The van der Waals surface area contributed by atoms with Crippen LogP contribution in [0.15, 0.2) is 18.2 Å². The molecule has 0 heterocycles. The number of nitriles is 1. The van der Waals surface area contributed by atoms with Crippen molar-refractivity contribution in [2.75, 3.05) is 0 Å². The van der Waals surface area contributed by atoms with Crippen molar-refractivity contribution in [3.8, 4) is 6.07 Å². The lowest BCUT2D eigenvalue weighted by Crippen LogP contribution is -2.45. The summed E-state index contributed by atoms with van der Waals surface area (Å²) in [6.45, 7) is 1.53. The molecule has 0 fully saturated rings. The molecule has 0 saturated heterocycles. The number of nitrogens with zero attached hydrogens (tertiary/aromatic N) is 1. The second kappa shape index (κ2) is 7.33. The van der Waals surface area contributed by atoms with Gasteiger partial charge in [-0.25, -0.2) is 13.6 Å². The summed E-state index contributed by atoms with van der Waals surface area (Å²) in [5, 5.41) is 19.9. The molecule has 0 aliphatic rings. The Morgan fingerprint density at radius 1 is 1.38 bits per heavy atom. The summed E-state index contributed by atoms with van der Waals surface area (Å²) < 4.78 is 25.8. The maximum Gasteiger partial charge on any atom is 0.326 e. The highest BCUT2D eigenvalue weighted by Gasteiger charge is 2.26. The van der Waals surface area contributed by atoms with Crippen molar-refractivity contribution in [2.24, 2.45) is 5.92 Å². The van der Waals surface area contributed by atoms with Crippen LogP contribution in [0.1, 0.15) is 18.9 Å². The number of hydrogen-bond acceptors (Lipinski definition) is 3. The van der Waals surface area contributed by atoms with Gasteiger partial charge in [-0.3, -0.25) is 4.79 Å². The molecule has 5 nitrogen and oxygen atoms in total. The van der Waals surface area contributed by atoms with E-state index in [1.165, 1.54) is 13.0 Å². The standard InChI is InChI=1S/C14H14F2N2O3/c1-8(4-5-17)13(14(20)21)18-12(19)7-9-2-3-10(15)11(16)6-9/h2-3,6,8,13H,4,7H2,1H3,(H,18,19)(H,20,21)/t8-,13+/m0/s1. The smallest absolute Gasteiger partial charge is 0.326 e. The second-order valence-electron chi connectivity index (χ2n) is 4.65. The lowest BCUT2D eigenvalue weighted by atomic mass is 9.98. The van der Waals surface area contributed by atoms with Gasteiger partial charge in [0.1, 0.15) is 6.04 Å². The third-order valence-electron chi connectivity index (χ3n) is 2.91. The van der Waals surface area contributed by atoms with Gasteiger partial charge in [0.2, 0.25) is 5.91 Å². The average Bonchev–Trinajstić information content (AvgIpc) is 2.40. The van der Waals surface area contributed by atoms with Crippen molar-refractivity contribution in [2.45, 2.75) is 25.8 Å². The number of benzene rings is 1. The lowest BCUT2D eigenvalue weighted by molar-refractivity contribution is -0.143. The minimum Gasteiger partial charge on any atom is -0.480 e. The summed E-state index contributed by atoms with van der Waals surface area (Å²) in [5.74, 6) is -4.56. The monoisotopic (exact) mass is 296 g/mol. The van der Waals surface area contributed by atoms with E-state index in [2.05, 4.69) is 5.32 Å². The number of amides is 1. The van der Waals surface area contributed by atoms with E-state index in [0.717, 1.165) is 12.1 Å². The van der Waals surface area contributed by atoms with E-state index in [4.69, 9.17) is 10.4 Å². The molecule has 1 amide bonds. The quantitative estimate of drug-likeness (QED) is 0.834. The zero-order valence-corrected chi connectivity index (χ0v) is 11.3. The summed E-state index contributed by atoms with van der Waals surface area (Å²) in [7, 11) is 0. The van der Waals surface area contributed by atoms with Gasteiger partial charge in [0.15, 0.2) is 11.6 Å². The van der Waals surface area contributed by atoms with Crippen molar-refractivity contribution in [1.29, 1.82) is 5.26 Å². The SMILES string of the molecule is C[C@@H](CC#N)[C@@H](NC(=O)Cc1ccc(F)c(F)c1)C(=O)O. The van der Waals surface area contributed by atoms with Crippen LogP contribution in [-0.4, -0.2) is 23.0 Å². The zero-order valence-electron chi connectivity index (χ0n) is 11.3. The maximum atomic E-state index is 13.0. The van der Waals surface area contributed by atoms with Crippen molar-refractivity contribution in [1.82, 2.24) is 5.32 Å². The summed E-state index contributed by atoms with van der Waals surface area (Å²) in [5.41, 5.74) is 0.225. The molecule has 0 aliphatic heterocycles. The van der Waals surface area contributed by atoms with Gasteiger partial charge in [-0.2, -0.15) is 5.26 Å². The van der Waals surface area contributed by atoms with Crippen LogP contribution in [0.4, 0.5) is 8.78 Å². The maximum absolute atomic E-state index is 13.0. The number of hydrogen-bond donors (Lipinski definition) is 2. The second-order valence-corrected chi connectivity index (χ2v) is 4.65. The molecule has 1 rings (SSSR count). The molecule has 2 atom stereocenters. The number of aliphatic carboxylic acids is 1. The molecule has 2 N–H and O–H groups in total. The molecule has 7 heteroatoms. The minimum atomic E-state index is -1.25. The van der Waals surface area contributed by atoms with Crippen LogP contribution < -0.4 is 5.32 Å². The summed E-state index contributed by atoms with van der Waals surface area (Å²) in [4.78, 5) is 22.8. The molecule has 0 bridgehead atoms. The van der Waals surface area contributed by atoms with Crippen LogP contribution in [0, 0.1) is 28.9 Å². The van der Waals surface area contributed by atoms with Gasteiger partial charge in [0.05, 0.1) is 12.5 Å². The van der Waals surface area contributed by atoms with Gasteiger partial charge in [-0.15, -0.1) is 0 Å². The van der Waals surface area contributed by atoms with E-state index in [1.807, 2.05) is 6.07 Å². The van der Waals surface area contributed by atoms with Crippen LogP contribution in [0.5, 0.6) is 0 Å². The minimum absolute atomic E-state index is 0.0254.